The van der Waals surface area contributed by atoms with Crippen LogP contribution < -0.4 is 5.32 Å². The molecule has 0 saturated heterocycles. The van der Waals surface area contributed by atoms with E-state index in [1.807, 2.05) is 0 Å². The average Bonchev–Trinajstić information content (AvgIpc) is 2.14. The Morgan fingerprint density at radius 3 is 1.87 bits per heavy atom. The zero-order valence-electron chi connectivity index (χ0n) is 10.9. The maximum Gasteiger partial charge on any atom is 0.0213 e. The molecule has 1 heteroatoms. The molecule has 1 rings (SSSR count). The van der Waals surface area contributed by atoms with Crippen molar-refractivity contribution in [3.63, 3.8) is 0 Å². The molecule has 0 aliphatic heterocycles. The first-order valence-electron chi connectivity index (χ1n) is 5.73. The van der Waals surface area contributed by atoms with E-state index in [1.54, 1.807) is 0 Å². The van der Waals surface area contributed by atoms with Crippen LogP contribution >= 0.6 is 0 Å². The third-order valence-corrected chi connectivity index (χ3v) is 3.21. The molecule has 0 saturated carbocycles. The van der Waals surface area contributed by atoms with Crippen molar-refractivity contribution in [1.29, 1.82) is 0 Å². The first-order chi connectivity index (χ1) is 6.93. The molecule has 0 atom stereocenters. The van der Waals surface area contributed by atoms with Crippen molar-refractivity contribution in [3.8, 4) is 0 Å². The molecule has 0 spiro atoms. The van der Waals surface area contributed by atoms with Gasteiger partial charge in [0.25, 0.3) is 0 Å². The standard InChI is InChI=1S/C14H23N/c1-9(2)15-8-14-12(5)10(3)7-11(4)13(14)6/h7,9,15H,8H2,1-6H3. The van der Waals surface area contributed by atoms with Crippen molar-refractivity contribution in [3.05, 3.63) is 33.9 Å². The molecule has 0 bridgehead atoms. The Hall–Kier alpha value is -0.820. The molecule has 1 aromatic rings. The first kappa shape index (κ1) is 12.3. The fourth-order valence-electron chi connectivity index (χ4n) is 1.87. The molecule has 1 nitrogen and oxygen atoms in total. The van der Waals surface area contributed by atoms with Gasteiger partial charge in [-0.25, -0.2) is 0 Å². The van der Waals surface area contributed by atoms with Crippen LogP contribution in [-0.2, 0) is 6.54 Å². The summed E-state index contributed by atoms with van der Waals surface area (Å²) in [6.45, 7) is 14.2. The van der Waals surface area contributed by atoms with Crippen LogP contribution in [0.4, 0.5) is 0 Å². The smallest absolute Gasteiger partial charge is 0.0213 e. The maximum atomic E-state index is 3.50. The summed E-state index contributed by atoms with van der Waals surface area (Å²) in [6.07, 6.45) is 0. The van der Waals surface area contributed by atoms with E-state index < -0.39 is 0 Å². The SMILES string of the molecule is Cc1cc(C)c(C)c(CNC(C)C)c1C. The molecule has 0 heterocycles. The van der Waals surface area contributed by atoms with Crippen molar-refractivity contribution < 1.29 is 0 Å². The van der Waals surface area contributed by atoms with Crippen molar-refractivity contribution in [1.82, 2.24) is 5.32 Å². The van der Waals surface area contributed by atoms with Crippen LogP contribution in [0, 0.1) is 27.7 Å². The minimum Gasteiger partial charge on any atom is -0.310 e. The van der Waals surface area contributed by atoms with E-state index in [4.69, 9.17) is 0 Å². The van der Waals surface area contributed by atoms with Gasteiger partial charge in [0.2, 0.25) is 0 Å². The van der Waals surface area contributed by atoms with Crippen molar-refractivity contribution in [2.75, 3.05) is 0 Å². The van der Waals surface area contributed by atoms with E-state index in [-0.39, 0.29) is 0 Å². The monoisotopic (exact) mass is 205 g/mol. The molecule has 0 aliphatic rings. The molecule has 84 valence electrons. The van der Waals surface area contributed by atoms with Crippen LogP contribution in [0.15, 0.2) is 6.07 Å². The zero-order chi connectivity index (χ0) is 11.6. The maximum absolute atomic E-state index is 3.50. The lowest BCUT2D eigenvalue weighted by Gasteiger charge is -2.17. The van der Waals surface area contributed by atoms with Crippen LogP contribution in [0.25, 0.3) is 0 Å². The molecule has 1 aromatic carbocycles. The van der Waals surface area contributed by atoms with Gasteiger partial charge in [0.05, 0.1) is 0 Å². The summed E-state index contributed by atoms with van der Waals surface area (Å²) in [5, 5.41) is 3.50. The molecular formula is C14H23N. The van der Waals surface area contributed by atoms with E-state index in [2.05, 4.69) is 52.9 Å². The van der Waals surface area contributed by atoms with Gasteiger partial charge in [-0.15, -0.1) is 0 Å². The molecule has 0 amide bonds. The highest BCUT2D eigenvalue weighted by molar-refractivity contribution is 5.43. The Labute approximate surface area is 93.9 Å². The van der Waals surface area contributed by atoms with E-state index in [0.717, 1.165) is 6.54 Å². The Morgan fingerprint density at radius 2 is 1.47 bits per heavy atom. The number of nitrogens with one attached hydrogen (secondary N) is 1. The second-order valence-electron chi connectivity index (χ2n) is 4.77. The lowest BCUT2D eigenvalue weighted by atomic mass is 9.94. The lowest BCUT2D eigenvalue weighted by Crippen LogP contribution is -2.23. The highest BCUT2D eigenvalue weighted by atomic mass is 14.9. The second kappa shape index (κ2) is 4.80. The Balaban J connectivity index is 3.04. The van der Waals surface area contributed by atoms with Crippen LogP contribution in [0.5, 0.6) is 0 Å². The normalized spacial score (nSPS) is 11.1. The summed E-state index contributed by atoms with van der Waals surface area (Å²) >= 11 is 0. The summed E-state index contributed by atoms with van der Waals surface area (Å²) in [5.74, 6) is 0. The largest absolute Gasteiger partial charge is 0.310 e. The molecule has 0 radical (unpaired) electrons. The fourth-order valence-corrected chi connectivity index (χ4v) is 1.87. The van der Waals surface area contributed by atoms with E-state index in [0.29, 0.717) is 6.04 Å². The first-order valence-corrected chi connectivity index (χ1v) is 5.73. The highest BCUT2D eigenvalue weighted by Crippen LogP contribution is 2.21. The minimum absolute atomic E-state index is 0.546. The van der Waals surface area contributed by atoms with Gasteiger partial charge < -0.3 is 5.32 Å². The topological polar surface area (TPSA) is 12.0 Å². The molecule has 0 unspecified atom stereocenters. The molecule has 0 aliphatic carbocycles. The Kier molecular flexibility index (Phi) is 3.92. The van der Waals surface area contributed by atoms with E-state index >= 15 is 0 Å². The van der Waals surface area contributed by atoms with Crippen molar-refractivity contribution in [2.24, 2.45) is 0 Å². The second-order valence-corrected chi connectivity index (χ2v) is 4.77. The molecule has 15 heavy (non-hydrogen) atoms. The van der Waals surface area contributed by atoms with Gasteiger partial charge in [0, 0.05) is 12.6 Å². The third-order valence-electron chi connectivity index (χ3n) is 3.21. The number of benzene rings is 1. The predicted octanol–water partition coefficient (Wildman–Crippen LogP) is 3.42. The van der Waals surface area contributed by atoms with Crippen LogP contribution in [0.3, 0.4) is 0 Å². The van der Waals surface area contributed by atoms with Crippen molar-refractivity contribution >= 4 is 0 Å². The number of aryl methyl sites for hydroxylation is 2. The molecule has 1 N–H and O–H groups in total. The van der Waals surface area contributed by atoms with Crippen LogP contribution in [0.1, 0.15) is 41.7 Å². The fraction of sp³-hybridized carbons (Fsp3) is 0.571. The Morgan fingerprint density at radius 1 is 1.00 bits per heavy atom. The van der Waals surface area contributed by atoms with Crippen molar-refractivity contribution in [2.45, 2.75) is 54.1 Å². The predicted molar refractivity (Wildman–Crippen MR) is 67.4 cm³/mol. The number of hydrogen-bond acceptors (Lipinski definition) is 1. The highest BCUT2D eigenvalue weighted by Gasteiger charge is 2.08. The summed E-state index contributed by atoms with van der Waals surface area (Å²) in [5.41, 5.74) is 7.15. The average molecular weight is 205 g/mol. The molecule has 0 aromatic heterocycles. The number of hydrogen-bond donors (Lipinski definition) is 1. The van der Waals surface area contributed by atoms with Gasteiger partial charge >= 0.3 is 0 Å². The van der Waals surface area contributed by atoms with Gasteiger partial charge in [0.15, 0.2) is 0 Å². The summed E-state index contributed by atoms with van der Waals surface area (Å²) in [7, 11) is 0. The minimum atomic E-state index is 0.546. The van der Waals surface area contributed by atoms with Gasteiger partial charge in [0.1, 0.15) is 0 Å². The quantitative estimate of drug-likeness (QED) is 0.797. The van der Waals surface area contributed by atoms with E-state index in [9.17, 15) is 0 Å². The zero-order valence-corrected chi connectivity index (χ0v) is 10.9. The third kappa shape index (κ3) is 2.82. The lowest BCUT2D eigenvalue weighted by molar-refractivity contribution is 0.585. The van der Waals surface area contributed by atoms with Gasteiger partial charge in [-0.2, -0.15) is 0 Å². The molecular weight excluding hydrogens is 182 g/mol. The molecule has 0 fully saturated rings. The van der Waals surface area contributed by atoms with E-state index in [1.165, 1.54) is 27.8 Å². The summed E-state index contributed by atoms with van der Waals surface area (Å²) in [4.78, 5) is 0. The van der Waals surface area contributed by atoms with Crippen LogP contribution in [-0.4, -0.2) is 6.04 Å². The Bertz CT molecular complexity index is 325. The van der Waals surface area contributed by atoms with Gasteiger partial charge in [-0.05, 0) is 55.5 Å². The van der Waals surface area contributed by atoms with Crippen LogP contribution in [0.2, 0.25) is 0 Å². The van der Waals surface area contributed by atoms with Gasteiger partial charge in [-0.1, -0.05) is 19.9 Å². The number of rotatable bonds is 3. The van der Waals surface area contributed by atoms with Gasteiger partial charge in [-0.3, -0.25) is 0 Å². The summed E-state index contributed by atoms with van der Waals surface area (Å²) in [6, 6.07) is 2.83. The summed E-state index contributed by atoms with van der Waals surface area (Å²) < 4.78 is 0.